The van der Waals surface area contributed by atoms with Gasteiger partial charge in [0.25, 0.3) is 0 Å². The smallest absolute Gasteiger partial charge is 0.341 e. The first-order valence-electron chi connectivity index (χ1n) is 11.8. The number of esters is 3. The van der Waals surface area contributed by atoms with E-state index in [2.05, 4.69) is 6.58 Å². The molecule has 0 aromatic heterocycles. The molecule has 5 rings (SSSR count). The van der Waals surface area contributed by atoms with Crippen LogP contribution in [0, 0.1) is 17.8 Å². The minimum atomic E-state index is -0.978. The SMILES string of the molecule is C=C1C(=O)O[C@H]2[C@H]1[C@H](OC(=O)[C@]1(C)O[C@@H]1C)CC(C)=C1[C@@H](OC(=O)[C@H](C)CC)[C@H]3O[C@@]3(C)[C@@H]12. The van der Waals surface area contributed by atoms with Crippen LogP contribution in [0.2, 0.25) is 0 Å². The van der Waals surface area contributed by atoms with Gasteiger partial charge in [-0.05, 0) is 39.7 Å². The molecule has 5 aliphatic rings. The Bertz CT molecular complexity index is 983. The highest BCUT2D eigenvalue weighted by molar-refractivity contribution is 5.91. The Hall–Kier alpha value is -2.19. The van der Waals surface area contributed by atoms with Crippen molar-refractivity contribution in [2.75, 3.05) is 0 Å². The lowest BCUT2D eigenvalue weighted by atomic mass is 9.80. The maximum atomic E-state index is 12.9. The van der Waals surface area contributed by atoms with Crippen molar-refractivity contribution in [1.29, 1.82) is 0 Å². The Morgan fingerprint density at radius 3 is 2.52 bits per heavy atom. The second-order valence-corrected chi connectivity index (χ2v) is 10.5. The molecule has 0 amide bonds. The Balaban J connectivity index is 1.51. The largest absolute Gasteiger partial charge is 0.459 e. The Kier molecular flexibility index (Phi) is 4.90. The Morgan fingerprint density at radius 1 is 1.24 bits per heavy atom. The normalized spacial score (nSPS) is 45.9. The van der Waals surface area contributed by atoms with Crippen molar-refractivity contribution >= 4 is 17.9 Å². The average molecular weight is 461 g/mol. The molecule has 3 saturated heterocycles. The minimum absolute atomic E-state index is 0.223. The van der Waals surface area contributed by atoms with Crippen molar-refractivity contribution in [3.63, 3.8) is 0 Å². The molecule has 1 saturated carbocycles. The molecular weight excluding hydrogens is 428 g/mol. The van der Waals surface area contributed by atoms with Gasteiger partial charge in [0, 0.05) is 12.0 Å². The zero-order valence-corrected chi connectivity index (χ0v) is 20.0. The molecule has 8 heteroatoms. The quantitative estimate of drug-likeness (QED) is 0.203. The molecule has 8 nitrogen and oxygen atoms in total. The fourth-order valence-electron chi connectivity index (χ4n) is 5.83. The van der Waals surface area contributed by atoms with E-state index in [0.29, 0.717) is 18.4 Å². The van der Waals surface area contributed by atoms with Gasteiger partial charge < -0.3 is 23.7 Å². The summed E-state index contributed by atoms with van der Waals surface area (Å²) < 4.78 is 29.2. The van der Waals surface area contributed by atoms with Gasteiger partial charge in [-0.3, -0.25) is 4.79 Å². The van der Waals surface area contributed by atoms with Gasteiger partial charge >= 0.3 is 17.9 Å². The van der Waals surface area contributed by atoms with Crippen LogP contribution in [0.5, 0.6) is 0 Å². The predicted molar refractivity (Wildman–Crippen MR) is 115 cm³/mol. The zero-order valence-electron chi connectivity index (χ0n) is 20.0. The second kappa shape index (κ2) is 7.15. The van der Waals surface area contributed by atoms with Crippen LogP contribution in [0.1, 0.15) is 54.4 Å². The number of hydrogen-bond acceptors (Lipinski definition) is 8. The summed E-state index contributed by atoms with van der Waals surface area (Å²) >= 11 is 0. The molecule has 3 heterocycles. The topological polar surface area (TPSA) is 104 Å². The van der Waals surface area contributed by atoms with Gasteiger partial charge in [-0.1, -0.05) is 26.0 Å². The van der Waals surface area contributed by atoms with Gasteiger partial charge in [0.05, 0.1) is 23.9 Å². The van der Waals surface area contributed by atoms with Crippen LogP contribution in [0.15, 0.2) is 23.3 Å². The van der Waals surface area contributed by atoms with E-state index in [0.717, 1.165) is 11.1 Å². The lowest BCUT2D eigenvalue weighted by Gasteiger charge is -2.30. The van der Waals surface area contributed by atoms with Gasteiger partial charge in [0.1, 0.15) is 23.9 Å². The van der Waals surface area contributed by atoms with Crippen molar-refractivity contribution in [3.8, 4) is 0 Å². The van der Waals surface area contributed by atoms with E-state index < -0.39 is 47.4 Å². The fraction of sp³-hybridized carbons (Fsp3) is 0.720. The highest BCUT2D eigenvalue weighted by Crippen LogP contribution is 2.63. The van der Waals surface area contributed by atoms with Gasteiger partial charge in [0.2, 0.25) is 0 Å². The van der Waals surface area contributed by atoms with E-state index in [4.69, 9.17) is 23.7 Å². The van der Waals surface area contributed by atoms with Crippen LogP contribution in [-0.2, 0) is 38.1 Å². The molecule has 0 aromatic carbocycles. The molecule has 0 spiro atoms. The van der Waals surface area contributed by atoms with E-state index in [1.807, 2.05) is 34.6 Å². The van der Waals surface area contributed by atoms with E-state index in [1.54, 1.807) is 6.92 Å². The third-order valence-corrected chi connectivity index (χ3v) is 8.48. The second-order valence-electron chi connectivity index (χ2n) is 10.5. The number of rotatable bonds is 5. The Labute approximate surface area is 193 Å². The number of carbonyl (C=O) groups is 3. The van der Waals surface area contributed by atoms with Crippen molar-refractivity contribution in [3.05, 3.63) is 23.3 Å². The van der Waals surface area contributed by atoms with E-state index in [-0.39, 0.29) is 30.0 Å². The third-order valence-electron chi connectivity index (χ3n) is 8.48. The molecule has 0 aromatic rings. The van der Waals surface area contributed by atoms with E-state index >= 15 is 0 Å². The van der Waals surface area contributed by atoms with E-state index in [9.17, 15) is 14.4 Å². The van der Waals surface area contributed by atoms with Crippen molar-refractivity contribution in [2.45, 2.75) is 96.1 Å². The molecule has 3 aliphatic heterocycles. The van der Waals surface area contributed by atoms with Gasteiger partial charge in [-0.2, -0.15) is 0 Å². The van der Waals surface area contributed by atoms with Gasteiger partial charge in [0.15, 0.2) is 11.7 Å². The number of fused-ring (bicyclic) bond motifs is 5. The van der Waals surface area contributed by atoms with Crippen LogP contribution in [0.4, 0.5) is 0 Å². The summed E-state index contributed by atoms with van der Waals surface area (Å²) in [6.45, 7) is 15.2. The molecule has 0 bridgehead atoms. The molecule has 0 unspecified atom stereocenters. The molecule has 4 fully saturated rings. The van der Waals surface area contributed by atoms with E-state index in [1.165, 1.54) is 0 Å². The summed E-state index contributed by atoms with van der Waals surface area (Å²) in [7, 11) is 0. The number of ether oxygens (including phenoxy) is 5. The highest BCUT2D eigenvalue weighted by Gasteiger charge is 2.75. The molecular formula is C25H32O8. The van der Waals surface area contributed by atoms with Crippen LogP contribution in [0.25, 0.3) is 0 Å². The monoisotopic (exact) mass is 460 g/mol. The summed E-state index contributed by atoms with van der Waals surface area (Å²) in [5.41, 5.74) is 0.578. The van der Waals surface area contributed by atoms with Crippen molar-refractivity contribution in [1.82, 2.24) is 0 Å². The lowest BCUT2D eigenvalue weighted by Crippen LogP contribution is -2.41. The minimum Gasteiger partial charge on any atom is -0.459 e. The van der Waals surface area contributed by atoms with Crippen LogP contribution >= 0.6 is 0 Å². The number of epoxide rings is 2. The predicted octanol–water partition coefficient (Wildman–Crippen LogP) is 2.64. The lowest BCUT2D eigenvalue weighted by molar-refractivity contribution is -0.159. The first-order chi connectivity index (χ1) is 15.4. The molecule has 0 N–H and O–H groups in total. The first-order valence-corrected chi connectivity index (χ1v) is 11.8. The van der Waals surface area contributed by atoms with Gasteiger partial charge in [-0.25, -0.2) is 9.59 Å². The average Bonchev–Trinajstić information content (AvgIpc) is 3.56. The third kappa shape index (κ3) is 3.13. The maximum Gasteiger partial charge on any atom is 0.341 e. The van der Waals surface area contributed by atoms with Crippen LogP contribution in [-0.4, -0.2) is 59.6 Å². The van der Waals surface area contributed by atoms with Crippen LogP contribution < -0.4 is 0 Å². The fourth-order valence-corrected chi connectivity index (χ4v) is 5.83. The standard InChI is InChI=1S/C25H32O8/c1-8-10(2)21(26)31-19-15-11(3)9-14(29-23(28)24(6)13(5)32-24)16-12(4)22(27)30-18(16)17(15)25(7)20(19)33-25/h10,13-14,16-20H,4,8-9H2,1-3,5-7H3/t10-,13-,14-,16-,17+,18+,19-,20-,24-,25+/m1/s1. The van der Waals surface area contributed by atoms with Crippen LogP contribution in [0.3, 0.4) is 0 Å². The van der Waals surface area contributed by atoms with Crippen molar-refractivity contribution < 1.29 is 38.1 Å². The molecule has 180 valence electrons. The highest BCUT2D eigenvalue weighted by atomic mass is 16.7. The molecule has 33 heavy (non-hydrogen) atoms. The van der Waals surface area contributed by atoms with Crippen molar-refractivity contribution in [2.24, 2.45) is 17.8 Å². The summed E-state index contributed by atoms with van der Waals surface area (Å²) in [4.78, 5) is 38.2. The summed E-state index contributed by atoms with van der Waals surface area (Å²) in [5.74, 6) is -2.27. The van der Waals surface area contributed by atoms with Gasteiger partial charge in [-0.15, -0.1) is 0 Å². The molecule has 10 atom stereocenters. The molecule has 0 radical (unpaired) electrons. The summed E-state index contributed by atoms with van der Waals surface area (Å²) in [6, 6.07) is 0. The number of hydrogen-bond donors (Lipinski definition) is 0. The summed E-state index contributed by atoms with van der Waals surface area (Å²) in [5, 5.41) is 0. The zero-order chi connectivity index (χ0) is 24.0. The molecule has 2 aliphatic carbocycles. The Morgan fingerprint density at radius 2 is 1.91 bits per heavy atom. The first kappa shape index (κ1) is 22.6. The maximum absolute atomic E-state index is 12.9. The summed E-state index contributed by atoms with van der Waals surface area (Å²) in [6.07, 6.45) is -1.24. The number of carbonyl (C=O) groups excluding carboxylic acids is 3.